The first kappa shape index (κ1) is 16.0. The van der Waals surface area contributed by atoms with Crippen molar-refractivity contribution in [2.45, 2.75) is 64.5 Å². The van der Waals surface area contributed by atoms with Crippen molar-refractivity contribution in [3.8, 4) is 0 Å². The van der Waals surface area contributed by atoms with E-state index in [-0.39, 0.29) is 5.54 Å². The molecule has 0 amide bonds. The summed E-state index contributed by atoms with van der Waals surface area (Å²) in [5.74, 6) is 0. The zero-order valence-electron chi connectivity index (χ0n) is 13.5. The molecule has 1 heterocycles. The zero-order chi connectivity index (χ0) is 14.8. The molecule has 114 valence electrons. The van der Waals surface area contributed by atoms with E-state index < -0.39 is 0 Å². The highest BCUT2D eigenvalue weighted by molar-refractivity contribution is 7.10. The van der Waals surface area contributed by atoms with E-state index in [0.717, 1.165) is 6.54 Å². The zero-order valence-corrected chi connectivity index (χ0v) is 14.3. The molecule has 1 saturated carbocycles. The summed E-state index contributed by atoms with van der Waals surface area (Å²) in [5.41, 5.74) is 6.90. The van der Waals surface area contributed by atoms with E-state index in [4.69, 9.17) is 5.73 Å². The Balaban J connectivity index is 2.17. The van der Waals surface area contributed by atoms with Crippen LogP contribution in [-0.4, -0.2) is 24.0 Å². The van der Waals surface area contributed by atoms with E-state index in [2.05, 4.69) is 50.2 Å². The predicted octanol–water partition coefficient (Wildman–Crippen LogP) is 4.43. The van der Waals surface area contributed by atoms with Crippen LogP contribution in [0.5, 0.6) is 0 Å². The van der Waals surface area contributed by atoms with Gasteiger partial charge in [-0.25, -0.2) is 0 Å². The lowest BCUT2D eigenvalue weighted by molar-refractivity contribution is 0.0677. The topological polar surface area (TPSA) is 29.3 Å². The van der Waals surface area contributed by atoms with E-state index in [1.165, 1.54) is 37.0 Å². The van der Waals surface area contributed by atoms with Gasteiger partial charge >= 0.3 is 0 Å². The van der Waals surface area contributed by atoms with Crippen LogP contribution in [0.2, 0.25) is 0 Å². The molecule has 1 aliphatic carbocycles. The molecule has 0 radical (unpaired) electrons. The van der Waals surface area contributed by atoms with Crippen molar-refractivity contribution in [2.75, 3.05) is 13.6 Å². The third-order valence-corrected chi connectivity index (χ3v) is 6.47. The molecule has 0 saturated heterocycles. The van der Waals surface area contributed by atoms with Gasteiger partial charge in [-0.05, 0) is 56.5 Å². The molecular weight excluding hydrogens is 264 g/mol. The molecule has 2 unspecified atom stereocenters. The number of rotatable bonds is 4. The van der Waals surface area contributed by atoms with Gasteiger partial charge in [0.15, 0.2) is 0 Å². The molecule has 0 bridgehead atoms. The number of nitrogens with two attached hydrogens (primary N) is 1. The van der Waals surface area contributed by atoms with Gasteiger partial charge in [0.25, 0.3) is 0 Å². The summed E-state index contributed by atoms with van der Waals surface area (Å²) in [6.07, 6.45) is 6.37. The van der Waals surface area contributed by atoms with Crippen molar-refractivity contribution in [2.24, 2.45) is 11.1 Å². The Bertz CT molecular complexity index is 413. The molecule has 1 aromatic heterocycles. The van der Waals surface area contributed by atoms with Crippen molar-refractivity contribution in [3.05, 3.63) is 22.4 Å². The Morgan fingerprint density at radius 3 is 2.65 bits per heavy atom. The van der Waals surface area contributed by atoms with Crippen molar-refractivity contribution in [1.82, 2.24) is 4.90 Å². The molecular formula is C17H30N2S. The standard InChI is InChI=1S/C17H30N2S/c1-14(15-7-5-12-20-15)19(4)17(13-18)9-6-8-16(2,3)10-11-17/h5,7,12,14H,6,8-11,13,18H2,1-4H3. The maximum Gasteiger partial charge on any atom is 0.0416 e. The predicted molar refractivity (Wildman–Crippen MR) is 89.1 cm³/mol. The van der Waals surface area contributed by atoms with Gasteiger partial charge in [0.05, 0.1) is 0 Å². The monoisotopic (exact) mass is 294 g/mol. The van der Waals surface area contributed by atoms with Gasteiger partial charge in [-0.3, -0.25) is 4.90 Å². The van der Waals surface area contributed by atoms with E-state index in [1.54, 1.807) is 0 Å². The smallest absolute Gasteiger partial charge is 0.0416 e. The van der Waals surface area contributed by atoms with Crippen LogP contribution in [-0.2, 0) is 0 Å². The number of thiophene rings is 1. The average molecular weight is 295 g/mol. The number of hydrogen-bond acceptors (Lipinski definition) is 3. The maximum absolute atomic E-state index is 6.25. The second-order valence-electron chi connectivity index (χ2n) is 7.25. The second-order valence-corrected chi connectivity index (χ2v) is 8.23. The molecule has 0 aliphatic heterocycles. The van der Waals surface area contributed by atoms with Crippen molar-refractivity contribution < 1.29 is 0 Å². The average Bonchev–Trinajstić information content (AvgIpc) is 2.90. The SMILES string of the molecule is CC(c1cccs1)N(C)C1(CN)CCCC(C)(C)CC1. The van der Waals surface area contributed by atoms with Crippen LogP contribution in [0.1, 0.15) is 63.8 Å². The Morgan fingerprint density at radius 2 is 2.05 bits per heavy atom. The largest absolute Gasteiger partial charge is 0.329 e. The second kappa shape index (κ2) is 6.17. The highest BCUT2D eigenvalue weighted by Crippen LogP contribution is 2.42. The van der Waals surface area contributed by atoms with Gasteiger partial charge in [0, 0.05) is 23.0 Å². The molecule has 2 atom stereocenters. The van der Waals surface area contributed by atoms with Crippen LogP contribution in [0, 0.1) is 5.41 Å². The van der Waals surface area contributed by atoms with E-state index in [9.17, 15) is 0 Å². The summed E-state index contributed by atoms with van der Waals surface area (Å²) in [6.45, 7) is 7.90. The van der Waals surface area contributed by atoms with Crippen molar-refractivity contribution in [1.29, 1.82) is 0 Å². The minimum absolute atomic E-state index is 0.178. The van der Waals surface area contributed by atoms with Gasteiger partial charge in [0.2, 0.25) is 0 Å². The third kappa shape index (κ3) is 3.26. The fraction of sp³-hybridized carbons (Fsp3) is 0.765. The molecule has 0 aromatic carbocycles. The molecule has 1 fully saturated rings. The lowest BCUT2D eigenvalue weighted by Crippen LogP contribution is -2.52. The fourth-order valence-corrected chi connectivity index (χ4v) is 4.37. The lowest BCUT2D eigenvalue weighted by Gasteiger charge is -2.44. The quantitative estimate of drug-likeness (QED) is 0.832. The van der Waals surface area contributed by atoms with Crippen LogP contribution >= 0.6 is 11.3 Å². The molecule has 0 spiro atoms. The Kier molecular flexibility index (Phi) is 4.93. The fourth-order valence-electron chi connectivity index (χ4n) is 3.55. The normalized spacial score (nSPS) is 28.3. The van der Waals surface area contributed by atoms with E-state index in [1.807, 2.05) is 11.3 Å². The van der Waals surface area contributed by atoms with E-state index in [0.29, 0.717) is 11.5 Å². The highest BCUT2D eigenvalue weighted by Gasteiger charge is 2.39. The van der Waals surface area contributed by atoms with Crippen molar-refractivity contribution >= 4 is 11.3 Å². The Hall–Kier alpha value is -0.380. The molecule has 20 heavy (non-hydrogen) atoms. The van der Waals surface area contributed by atoms with Gasteiger partial charge < -0.3 is 5.73 Å². The molecule has 1 aromatic rings. The Labute approximate surface area is 128 Å². The van der Waals surface area contributed by atoms with Gasteiger partial charge in [0.1, 0.15) is 0 Å². The minimum atomic E-state index is 0.178. The lowest BCUT2D eigenvalue weighted by atomic mass is 9.82. The molecule has 2 N–H and O–H groups in total. The number of hydrogen-bond donors (Lipinski definition) is 1. The molecule has 2 nitrogen and oxygen atoms in total. The summed E-state index contributed by atoms with van der Waals surface area (Å²) < 4.78 is 0. The van der Waals surface area contributed by atoms with Crippen LogP contribution < -0.4 is 5.73 Å². The summed E-state index contributed by atoms with van der Waals surface area (Å²) >= 11 is 1.86. The minimum Gasteiger partial charge on any atom is -0.329 e. The molecule has 3 heteroatoms. The maximum atomic E-state index is 6.25. The van der Waals surface area contributed by atoms with Crippen molar-refractivity contribution in [3.63, 3.8) is 0 Å². The van der Waals surface area contributed by atoms with Crippen LogP contribution in [0.4, 0.5) is 0 Å². The number of nitrogens with zero attached hydrogens (tertiary/aromatic N) is 1. The van der Waals surface area contributed by atoms with Gasteiger partial charge in [-0.15, -0.1) is 11.3 Å². The highest BCUT2D eigenvalue weighted by atomic mass is 32.1. The van der Waals surface area contributed by atoms with Gasteiger partial charge in [-0.2, -0.15) is 0 Å². The summed E-state index contributed by atoms with van der Waals surface area (Å²) in [5, 5.41) is 2.17. The summed E-state index contributed by atoms with van der Waals surface area (Å²) in [4.78, 5) is 4.00. The first-order valence-electron chi connectivity index (χ1n) is 7.87. The summed E-state index contributed by atoms with van der Waals surface area (Å²) in [7, 11) is 2.27. The van der Waals surface area contributed by atoms with Gasteiger partial charge in [-0.1, -0.05) is 26.3 Å². The van der Waals surface area contributed by atoms with Crippen LogP contribution in [0.25, 0.3) is 0 Å². The first-order chi connectivity index (χ1) is 9.40. The molecule has 2 rings (SSSR count). The Morgan fingerprint density at radius 1 is 1.30 bits per heavy atom. The summed E-state index contributed by atoms with van der Waals surface area (Å²) in [6, 6.07) is 4.85. The molecule has 1 aliphatic rings. The van der Waals surface area contributed by atoms with Crippen LogP contribution in [0.15, 0.2) is 17.5 Å². The van der Waals surface area contributed by atoms with E-state index >= 15 is 0 Å². The first-order valence-corrected chi connectivity index (χ1v) is 8.75. The number of likely N-dealkylation sites (N-methyl/N-ethyl adjacent to an activating group) is 1. The van der Waals surface area contributed by atoms with Crippen LogP contribution in [0.3, 0.4) is 0 Å². The third-order valence-electron chi connectivity index (χ3n) is 5.43.